The van der Waals surface area contributed by atoms with Gasteiger partial charge in [-0.3, -0.25) is 10.2 Å². The predicted octanol–water partition coefficient (Wildman–Crippen LogP) is 5.38. The minimum absolute atomic E-state index is 0.221. The molecule has 1 N–H and O–H groups in total. The summed E-state index contributed by atoms with van der Waals surface area (Å²) in [5.41, 5.74) is 1.00. The molecule has 2 rings (SSSR count). The van der Waals surface area contributed by atoms with Crippen LogP contribution in [-0.4, -0.2) is 29.7 Å². The quantitative estimate of drug-likeness (QED) is 0.683. The number of benzene rings is 2. The summed E-state index contributed by atoms with van der Waals surface area (Å²) < 4.78 is 10.4. The Bertz CT molecular complexity index is 911. The number of hydrogen-bond acceptors (Lipinski definition) is 5. The molecular weight excluding hydrogens is 394 g/mol. The lowest BCUT2D eigenvalue weighted by atomic mass is 10.1. The Labute approximate surface area is 174 Å². The van der Waals surface area contributed by atoms with E-state index in [-0.39, 0.29) is 18.4 Å². The average molecular weight is 416 g/mol. The minimum atomic E-state index is -0.853. The van der Waals surface area contributed by atoms with Crippen LogP contribution in [0.5, 0.6) is 5.75 Å². The van der Waals surface area contributed by atoms with E-state index in [1.54, 1.807) is 63.2 Å². The highest BCUT2D eigenvalue weighted by Gasteiger charge is 2.25. The highest BCUT2D eigenvalue weighted by Crippen LogP contribution is 2.25. The topological polar surface area (TPSA) is 91.7 Å². The van der Waals surface area contributed by atoms with Crippen LogP contribution in [0.2, 0.25) is 5.02 Å². The molecule has 2 aromatic carbocycles. The lowest BCUT2D eigenvalue weighted by Gasteiger charge is -2.25. The number of nitrogens with one attached hydrogen (secondary N) is 1. The molecule has 0 saturated heterocycles. The smallest absolute Gasteiger partial charge is 0.416 e. The second kappa shape index (κ2) is 10.3. The van der Waals surface area contributed by atoms with Gasteiger partial charge in [0, 0.05) is 23.3 Å². The minimum Gasteiger partial charge on any atom is -0.447 e. The summed E-state index contributed by atoms with van der Waals surface area (Å²) in [7, 11) is 0. The van der Waals surface area contributed by atoms with Gasteiger partial charge in [0.1, 0.15) is 11.8 Å². The predicted molar refractivity (Wildman–Crippen MR) is 110 cm³/mol. The molecule has 0 spiro atoms. The molecule has 29 heavy (non-hydrogen) atoms. The maximum Gasteiger partial charge on any atom is 0.416 e. The fraction of sp³-hybridized carbons (Fsp3) is 0.286. The van der Waals surface area contributed by atoms with E-state index in [2.05, 4.69) is 11.4 Å². The number of halogens is 1. The monoisotopic (exact) mass is 415 g/mol. The second-order valence-electron chi connectivity index (χ2n) is 6.35. The zero-order chi connectivity index (χ0) is 21.4. The number of anilines is 1. The Morgan fingerprint density at radius 1 is 1.21 bits per heavy atom. The van der Waals surface area contributed by atoms with Crippen molar-refractivity contribution in [2.75, 3.05) is 11.9 Å². The third kappa shape index (κ3) is 6.40. The van der Waals surface area contributed by atoms with Crippen LogP contribution >= 0.6 is 11.6 Å². The summed E-state index contributed by atoms with van der Waals surface area (Å²) in [5.74, 6) is 0.221. The van der Waals surface area contributed by atoms with E-state index in [1.165, 1.54) is 11.0 Å². The molecule has 0 saturated carbocycles. The number of ether oxygens (including phenoxy) is 2. The molecule has 0 radical (unpaired) electrons. The number of carbonyl (C=O) groups excluding carboxylic acids is 2. The molecule has 0 aromatic heterocycles. The molecule has 8 heteroatoms. The zero-order valence-electron chi connectivity index (χ0n) is 16.4. The maximum absolute atomic E-state index is 12.7. The summed E-state index contributed by atoms with van der Waals surface area (Å²) in [6, 6.07) is 14.4. The first kappa shape index (κ1) is 22.1. The van der Waals surface area contributed by atoms with Gasteiger partial charge in [0.2, 0.25) is 0 Å². The van der Waals surface area contributed by atoms with Gasteiger partial charge in [0.25, 0.3) is 0 Å². The molecular formula is C21H22ClN3O4. The van der Waals surface area contributed by atoms with Crippen LogP contribution in [0.25, 0.3) is 0 Å². The lowest BCUT2D eigenvalue weighted by Crippen LogP contribution is -2.36. The molecule has 152 valence electrons. The summed E-state index contributed by atoms with van der Waals surface area (Å²) >= 11 is 6.00. The Morgan fingerprint density at radius 2 is 1.93 bits per heavy atom. The molecule has 0 aliphatic carbocycles. The van der Waals surface area contributed by atoms with Gasteiger partial charge in [-0.05, 0) is 50.6 Å². The van der Waals surface area contributed by atoms with E-state index in [0.29, 0.717) is 16.3 Å². The van der Waals surface area contributed by atoms with E-state index in [9.17, 15) is 14.9 Å². The molecule has 0 bridgehead atoms. The Balaban J connectivity index is 2.14. The normalized spacial score (nSPS) is 11.3. The standard InChI is InChI=1S/C21H22ClN3O4/c1-4-25(19(13-23)15-7-5-8-16(22)11-15)21(27)29-18-10-6-9-17(12-18)24-20(26)28-14(2)3/h5-12,14,19H,4H2,1-3H3,(H,24,26). The van der Waals surface area contributed by atoms with Gasteiger partial charge in [0.05, 0.1) is 12.2 Å². The first-order valence-corrected chi connectivity index (χ1v) is 9.43. The van der Waals surface area contributed by atoms with Crippen molar-refractivity contribution in [3.05, 3.63) is 59.1 Å². The number of hydrogen-bond donors (Lipinski definition) is 1. The van der Waals surface area contributed by atoms with Crippen molar-refractivity contribution >= 4 is 29.5 Å². The largest absolute Gasteiger partial charge is 0.447 e. The highest BCUT2D eigenvalue weighted by atomic mass is 35.5. The summed E-state index contributed by atoms with van der Waals surface area (Å²) in [5, 5.41) is 12.6. The van der Waals surface area contributed by atoms with E-state index in [0.717, 1.165) is 0 Å². The fourth-order valence-electron chi connectivity index (χ4n) is 2.58. The molecule has 1 atom stereocenters. The van der Waals surface area contributed by atoms with Crippen LogP contribution in [0.1, 0.15) is 32.4 Å². The van der Waals surface area contributed by atoms with Crippen LogP contribution in [0, 0.1) is 11.3 Å². The van der Waals surface area contributed by atoms with Crippen LogP contribution in [0.15, 0.2) is 48.5 Å². The molecule has 1 unspecified atom stereocenters. The summed E-state index contributed by atoms with van der Waals surface area (Å²) in [6.45, 7) is 5.48. The van der Waals surface area contributed by atoms with Gasteiger partial charge in [-0.25, -0.2) is 9.59 Å². The highest BCUT2D eigenvalue weighted by molar-refractivity contribution is 6.30. The van der Waals surface area contributed by atoms with Gasteiger partial charge in [-0.15, -0.1) is 0 Å². The van der Waals surface area contributed by atoms with Crippen LogP contribution < -0.4 is 10.1 Å². The van der Waals surface area contributed by atoms with Crippen molar-refractivity contribution in [3.8, 4) is 11.8 Å². The SMILES string of the molecule is CCN(C(=O)Oc1cccc(NC(=O)OC(C)C)c1)C(C#N)c1cccc(Cl)c1. The Morgan fingerprint density at radius 3 is 2.55 bits per heavy atom. The van der Waals surface area contributed by atoms with Gasteiger partial charge in [0.15, 0.2) is 0 Å². The van der Waals surface area contributed by atoms with E-state index in [1.807, 2.05) is 0 Å². The van der Waals surface area contributed by atoms with Crippen molar-refractivity contribution in [1.82, 2.24) is 4.90 Å². The van der Waals surface area contributed by atoms with Crippen molar-refractivity contribution in [2.45, 2.75) is 32.9 Å². The third-order valence-corrected chi connectivity index (χ3v) is 4.04. The number of rotatable bonds is 6. The van der Waals surface area contributed by atoms with Gasteiger partial charge >= 0.3 is 12.2 Å². The second-order valence-corrected chi connectivity index (χ2v) is 6.78. The van der Waals surface area contributed by atoms with Gasteiger partial charge < -0.3 is 9.47 Å². The van der Waals surface area contributed by atoms with Crippen LogP contribution in [-0.2, 0) is 4.74 Å². The van der Waals surface area contributed by atoms with Crippen molar-refractivity contribution < 1.29 is 19.1 Å². The van der Waals surface area contributed by atoms with Crippen molar-refractivity contribution in [3.63, 3.8) is 0 Å². The summed E-state index contributed by atoms with van der Waals surface area (Å²) in [6.07, 6.45) is -1.56. The van der Waals surface area contributed by atoms with Crippen molar-refractivity contribution in [1.29, 1.82) is 5.26 Å². The third-order valence-electron chi connectivity index (χ3n) is 3.80. The molecule has 0 aliphatic heterocycles. The number of nitriles is 1. The first-order chi connectivity index (χ1) is 13.8. The maximum atomic E-state index is 12.7. The van der Waals surface area contributed by atoms with Crippen molar-refractivity contribution in [2.24, 2.45) is 0 Å². The summed E-state index contributed by atoms with van der Waals surface area (Å²) in [4.78, 5) is 25.7. The number of carbonyl (C=O) groups is 2. The molecule has 2 amide bonds. The molecule has 7 nitrogen and oxygen atoms in total. The first-order valence-electron chi connectivity index (χ1n) is 9.05. The molecule has 0 fully saturated rings. The Kier molecular flexibility index (Phi) is 7.87. The lowest BCUT2D eigenvalue weighted by molar-refractivity contribution is 0.130. The Hall–Kier alpha value is -3.24. The van der Waals surface area contributed by atoms with Gasteiger partial charge in [-0.2, -0.15) is 5.26 Å². The molecule has 0 heterocycles. The number of nitrogens with zero attached hydrogens (tertiary/aromatic N) is 2. The van der Waals surface area contributed by atoms with E-state index < -0.39 is 18.2 Å². The van der Waals surface area contributed by atoms with Gasteiger partial charge in [-0.1, -0.05) is 29.8 Å². The molecule has 2 aromatic rings. The van der Waals surface area contributed by atoms with Crippen LogP contribution in [0.3, 0.4) is 0 Å². The zero-order valence-corrected chi connectivity index (χ0v) is 17.1. The fourth-order valence-corrected chi connectivity index (χ4v) is 2.77. The van der Waals surface area contributed by atoms with E-state index in [4.69, 9.17) is 21.1 Å². The average Bonchev–Trinajstić information content (AvgIpc) is 2.65. The number of amides is 2. The molecule has 0 aliphatic rings. The van der Waals surface area contributed by atoms with Crippen LogP contribution in [0.4, 0.5) is 15.3 Å². The van der Waals surface area contributed by atoms with E-state index >= 15 is 0 Å².